The van der Waals surface area contributed by atoms with Crippen LogP contribution in [0.1, 0.15) is 30.9 Å². The van der Waals surface area contributed by atoms with Gasteiger partial charge in [-0.25, -0.2) is 9.97 Å². The largest absolute Gasteiger partial charge is 0.493 e. The van der Waals surface area contributed by atoms with E-state index in [1.165, 1.54) is 17.5 Å². The number of hydrogen-bond acceptors (Lipinski definition) is 6. The van der Waals surface area contributed by atoms with Gasteiger partial charge in [0.25, 0.3) is 0 Å². The smallest absolute Gasteiger partial charge is 0.161 e. The Kier molecular flexibility index (Phi) is 5.58. The highest BCUT2D eigenvalue weighted by molar-refractivity contribution is 5.54. The summed E-state index contributed by atoms with van der Waals surface area (Å²) in [7, 11) is 3.34. The third kappa shape index (κ3) is 3.95. The molecule has 25 heavy (non-hydrogen) atoms. The second kappa shape index (κ2) is 8.05. The highest BCUT2D eigenvalue weighted by Crippen LogP contribution is 2.34. The van der Waals surface area contributed by atoms with Gasteiger partial charge >= 0.3 is 0 Å². The zero-order chi connectivity index (χ0) is 17.6. The van der Waals surface area contributed by atoms with Crippen LogP contribution in [0.4, 0.5) is 11.6 Å². The van der Waals surface area contributed by atoms with Crippen molar-refractivity contribution < 1.29 is 9.47 Å². The van der Waals surface area contributed by atoms with E-state index in [0.29, 0.717) is 0 Å². The monoisotopic (exact) mass is 342 g/mol. The summed E-state index contributed by atoms with van der Waals surface area (Å²) in [5.41, 5.74) is 2.56. The molecule has 2 heterocycles. The zero-order valence-corrected chi connectivity index (χ0v) is 15.2. The standard InChI is InChI=1S/C19H26N4O2/c1-4-5-7-20-18-11-19(22-13-21-18)23-8-6-14-9-16(24-2)17(25-3)10-15(14)12-23/h9-11,13H,4-8,12H2,1-3H3,(H,20,21,22). The Balaban J connectivity index is 1.77. The molecule has 3 rings (SSSR count). The molecule has 0 bridgehead atoms. The summed E-state index contributed by atoms with van der Waals surface area (Å²) in [6, 6.07) is 6.19. The maximum absolute atomic E-state index is 5.44. The Morgan fingerprint density at radius 3 is 2.56 bits per heavy atom. The van der Waals surface area contributed by atoms with Crippen molar-refractivity contribution in [3.8, 4) is 11.5 Å². The normalized spacial score (nSPS) is 13.3. The fourth-order valence-electron chi connectivity index (χ4n) is 3.09. The van der Waals surface area contributed by atoms with Crippen molar-refractivity contribution in [1.82, 2.24) is 9.97 Å². The van der Waals surface area contributed by atoms with Crippen molar-refractivity contribution in [2.75, 3.05) is 37.5 Å². The van der Waals surface area contributed by atoms with Gasteiger partial charge in [-0.05, 0) is 36.1 Å². The van der Waals surface area contributed by atoms with Crippen LogP contribution in [0.5, 0.6) is 11.5 Å². The van der Waals surface area contributed by atoms with Gasteiger partial charge in [0.1, 0.15) is 18.0 Å². The summed E-state index contributed by atoms with van der Waals surface area (Å²) >= 11 is 0. The second-order valence-electron chi connectivity index (χ2n) is 6.19. The molecule has 134 valence electrons. The van der Waals surface area contributed by atoms with E-state index in [-0.39, 0.29) is 0 Å². The van der Waals surface area contributed by atoms with E-state index < -0.39 is 0 Å². The van der Waals surface area contributed by atoms with Gasteiger partial charge < -0.3 is 19.7 Å². The minimum Gasteiger partial charge on any atom is -0.493 e. The topological polar surface area (TPSA) is 59.5 Å². The minimum atomic E-state index is 0.771. The van der Waals surface area contributed by atoms with E-state index in [9.17, 15) is 0 Å². The van der Waals surface area contributed by atoms with Crippen LogP contribution in [0, 0.1) is 0 Å². The molecule has 6 nitrogen and oxygen atoms in total. The van der Waals surface area contributed by atoms with Crippen LogP contribution in [0.15, 0.2) is 24.5 Å². The minimum absolute atomic E-state index is 0.771. The average molecular weight is 342 g/mol. The number of nitrogens with one attached hydrogen (secondary N) is 1. The molecule has 1 aliphatic heterocycles. The Hall–Kier alpha value is -2.50. The van der Waals surface area contributed by atoms with Crippen molar-refractivity contribution in [3.63, 3.8) is 0 Å². The molecule has 1 aliphatic rings. The molecule has 1 aromatic heterocycles. The lowest BCUT2D eigenvalue weighted by atomic mass is 9.99. The van der Waals surface area contributed by atoms with Gasteiger partial charge in [-0.1, -0.05) is 13.3 Å². The molecule has 0 aliphatic carbocycles. The number of nitrogens with zero attached hydrogens (tertiary/aromatic N) is 3. The zero-order valence-electron chi connectivity index (χ0n) is 15.2. The molecular weight excluding hydrogens is 316 g/mol. The van der Waals surface area contributed by atoms with Gasteiger partial charge in [-0.3, -0.25) is 0 Å². The maximum atomic E-state index is 5.44. The van der Waals surface area contributed by atoms with Crippen LogP contribution >= 0.6 is 0 Å². The van der Waals surface area contributed by atoms with Gasteiger partial charge in [-0.15, -0.1) is 0 Å². The van der Waals surface area contributed by atoms with E-state index in [1.54, 1.807) is 20.5 Å². The molecule has 0 atom stereocenters. The van der Waals surface area contributed by atoms with Crippen LogP contribution in [0.25, 0.3) is 0 Å². The Morgan fingerprint density at radius 1 is 1.08 bits per heavy atom. The van der Waals surface area contributed by atoms with E-state index in [2.05, 4.69) is 39.2 Å². The number of unbranched alkanes of at least 4 members (excludes halogenated alkanes) is 1. The fraction of sp³-hybridized carbons (Fsp3) is 0.474. The van der Waals surface area contributed by atoms with Crippen LogP contribution < -0.4 is 19.7 Å². The highest BCUT2D eigenvalue weighted by Gasteiger charge is 2.20. The average Bonchev–Trinajstić information content (AvgIpc) is 2.67. The molecule has 0 saturated heterocycles. The van der Waals surface area contributed by atoms with Gasteiger partial charge in [0.15, 0.2) is 11.5 Å². The van der Waals surface area contributed by atoms with Crippen LogP contribution in [-0.2, 0) is 13.0 Å². The number of ether oxygens (including phenoxy) is 2. The summed E-state index contributed by atoms with van der Waals surface area (Å²) in [5, 5.41) is 3.36. The summed E-state index contributed by atoms with van der Waals surface area (Å²) in [4.78, 5) is 11.1. The Labute approximate surface area is 149 Å². The van der Waals surface area contributed by atoms with E-state index in [4.69, 9.17) is 9.47 Å². The first-order valence-corrected chi connectivity index (χ1v) is 8.79. The molecule has 2 aromatic rings. The maximum Gasteiger partial charge on any atom is 0.161 e. The Bertz CT molecular complexity index is 721. The van der Waals surface area contributed by atoms with E-state index in [1.807, 2.05) is 6.07 Å². The van der Waals surface area contributed by atoms with Crippen molar-refractivity contribution in [2.45, 2.75) is 32.7 Å². The first kappa shape index (κ1) is 17.3. The molecule has 6 heteroatoms. The predicted molar refractivity (Wildman–Crippen MR) is 99.7 cm³/mol. The first-order valence-electron chi connectivity index (χ1n) is 8.79. The lowest BCUT2D eigenvalue weighted by Gasteiger charge is -2.30. The molecule has 0 spiro atoms. The number of anilines is 2. The van der Waals surface area contributed by atoms with Crippen LogP contribution in [-0.4, -0.2) is 37.3 Å². The van der Waals surface area contributed by atoms with Crippen molar-refractivity contribution >= 4 is 11.6 Å². The lowest BCUT2D eigenvalue weighted by Crippen LogP contribution is -2.31. The molecule has 1 aromatic carbocycles. The van der Waals surface area contributed by atoms with Crippen molar-refractivity contribution in [2.24, 2.45) is 0 Å². The van der Waals surface area contributed by atoms with Crippen molar-refractivity contribution in [3.05, 3.63) is 35.7 Å². The second-order valence-corrected chi connectivity index (χ2v) is 6.19. The first-order chi connectivity index (χ1) is 12.2. The molecule has 0 saturated carbocycles. The van der Waals surface area contributed by atoms with Crippen molar-refractivity contribution in [1.29, 1.82) is 0 Å². The third-order valence-electron chi connectivity index (χ3n) is 4.53. The predicted octanol–water partition coefficient (Wildman–Crippen LogP) is 3.27. The number of hydrogen-bond donors (Lipinski definition) is 1. The molecule has 0 fully saturated rings. The molecule has 1 N–H and O–H groups in total. The Morgan fingerprint density at radius 2 is 1.84 bits per heavy atom. The lowest BCUT2D eigenvalue weighted by molar-refractivity contribution is 0.353. The number of rotatable bonds is 7. The van der Waals surface area contributed by atoms with Gasteiger partial charge in [0.2, 0.25) is 0 Å². The van der Waals surface area contributed by atoms with Gasteiger partial charge in [0.05, 0.1) is 14.2 Å². The highest BCUT2D eigenvalue weighted by atomic mass is 16.5. The summed E-state index contributed by atoms with van der Waals surface area (Å²) in [5.74, 6) is 3.40. The quantitative estimate of drug-likeness (QED) is 0.779. The molecule has 0 unspecified atom stereocenters. The van der Waals surface area contributed by atoms with Crippen LogP contribution in [0.3, 0.4) is 0 Å². The number of methoxy groups -OCH3 is 2. The van der Waals surface area contributed by atoms with E-state index >= 15 is 0 Å². The van der Waals surface area contributed by atoms with Gasteiger partial charge in [0, 0.05) is 25.7 Å². The molecular formula is C19H26N4O2. The number of fused-ring (bicyclic) bond motifs is 1. The molecule has 0 amide bonds. The van der Waals surface area contributed by atoms with E-state index in [0.717, 1.165) is 55.6 Å². The summed E-state index contributed by atoms with van der Waals surface area (Å²) in [6.45, 7) is 4.85. The van der Waals surface area contributed by atoms with Gasteiger partial charge in [-0.2, -0.15) is 0 Å². The summed E-state index contributed by atoms with van der Waals surface area (Å²) < 4.78 is 10.8. The fourth-order valence-corrected chi connectivity index (χ4v) is 3.09. The molecule has 0 radical (unpaired) electrons. The number of aromatic nitrogens is 2. The SMILES string of the molecule is CCCCNc1cc(N2CCc3cc(OC)c(OC)cc3C2)ncn1. The van der Waals surface area contributed by atoms with Crippen LogP contribution in [0.2, 0.25) is 0 Å². The summed E-state index contributed by atoms with van der Waals surface area (Å²) in [6.07, 6.45) is 4.89. The number of benzene rings is 1. The third-order valence-corrected chi connectivity index (χ3v) is 4.53.